The van der Waals surface area contributed by atoms with Crippen LogP contribution in [0.5, 0.6) is 0 Å². The number of carbonyl (C=O) groups excluding carboxylic acids is 1. The maximum Gasteiger partial charge on any atom is 0.305 e. The number of carbonyl (C=O) groups is 1. The average molecular weight is 358 g/mol. The van der Waals surface area contributed by atoms with Gasteiger partial charge in [-0.2, -0.15) is 0 Å². The van der Waals surface area contributed by atoms with Crippen molar-refractivity contribution in [2.24, 2.45) is 5.92 Å². The van der Waals surface area contributed by atoms with E-state index in [0.29, 0.717) is 35.4 Å². The fourth-order valence-corrected chi connectivity index (χ4v) is 4.13. The molecule has 0 bridgehead atoms. The second kappa shape index (κ2) is 8.81. The van der Waals surface area contributed by atoms with Crippen LogP contribution in [0, 0.1) is 5.92 Å². The van der Waals surface area contributed by atoms with Crippen molar-refractivity contribution in [3.05, 3.63) is 34.3 Å². The Morgan fingerprint density at radius 2 is 2.22 bits per heavy atom. The van der Waals surface area contributed by atoms with E-state index in [9.17, 15) is 13.6 Å². The van der Waals surface area contributed by atoms with Crippen LogP contribution < -0.4 is 0 Å². The molecule has 128 valence electrons. The molecule has 1 aromatic rings. The summed E-state index contributed by atoms with van der Waals surface area (Å²) >= 11 is 4.09. The molecule has 0 saturated heterocycles. The third-order valence-corrected chi connectivity index (χ3v) is 5.38. The standard InChI is InChI=1S/C17H23ClO4S/c1-2-17(19)22-9-8-12-4-3-5-15(12)13-6-7-14(11-23(20)21)16(18)10-13/h6-7,10,12,15H,2-5,8-9,11H2,1H3,(H,20,21)/p-1. The zero-order chi connectivity index (χ0) is 16.8. The number of esters is 1. The molecule has 6 heteroatoms. The third kappa shape index (κ3) is 5.30. The lowest BCUT2D eigenvalue weighted by molar-refractivity contribution is -0.143. The molecule has 0 spiro atoms. The molecule has 0 heterocycles. The number of halogens is 1. The molecule has 2 rings (SSSR count). The van der Waals surface area contributed by atoms with Crippen molar-refractivity contribution >= 4 is 28.7 Å². The molecule has 0 N–H and O–H groups in total. The van der Waals surface area contributed by atoms with Crippen molar-refractivity contribution in [1.29, 1.82) is 0 Å². The summed E-state index contributed by atoms with van der Waals surface area (Å²) in [5, 5.41) is 0.509. The van der Waals surface area contributed by atoms with Crippen LogP contribution in [0.4, 0.5) is 0 Å². The molecule has 23 heavy (non-hydrogen) atoms. The Bertz CT molecular complexity index is 576. The Hall–Kier alpha value is -0.910. The van der Waals surface area contributed by atoms with Gasteiger partial charge in [0.25, 0.3) is 0 Å². The summed E-state index contributed by atoms with van der Waals surface area (Å²) in [5.74, 6) is 0.674. The summed E-state index contributed by atoms with van der Waals surface area (Å²) in [6.45, 7) is 2.26. The first-order valence-electron chi connectivity index (χ1n) is 8.01. The van der Waals surface area contributed by atoms with Crippen LogP contribution in [0.2, 0.25) is 5.02 Å². The van der Waals surface area contributed by atoms with E-state index in [1.54, 1.807) is 13.0 Å². The van der Waals surface area contributed by atoms with E-state index in [-0.39, 0.29) is 11.7 Å². The van der Waals surface area contributed by atoms with E-state index in [2.05, 4.69) is 0 Å². The Balaban J connectivity index is 2.00. The SMILES string of the molecule is CCC(=O)OCCC1CCCC1c1ccc(CS(=O)[O-])c(Cl)c1. The average Bonchev–Trinajstić information content (AvgIpc) is 2.97. The summed E-state index contributed by atoms with van der Waals surface area (Å²) in [6, 6.07) is 5.68. The molecule has 1 aliphatic carbocycles. The van der Waals surface area contributed by atoms with Gasteiger partial charge < -0.3 is 9.29 Å². The van der Waals surface area contributed by atoms with Crippen LogP contribution in [0.15, 0.2) is 18.2 Å². The van der Waals surface area contributed by atoms with Gasteiger partial charge in [-0.25, -0.2) is 0 Å². The van der Waals surface area contributed by atoms with Crippen LogP contribution in [0.1, 0.15) is 56.1 Å². The number of benzene rings is 1. The second-order valence-corrected chi connectivity index (χ2v) is 7.26. The molecule has 0 radical (unpaired) electrons. The summed E-state index contributed by atoms with van der Waals surface area (Å²) in [7, 11) is 0. The highest BCUT2D eigenvalue weighted by Gasteiger charge is 2.28. The van der Waals surface area contributed by atoms with Crippen molar-refractivity contribution in [2.75, 3.05) is 6.61 Å². The fraction of sp³-hybridized carbons (Fsp3) is 0.588. The molecule has 4 nitrogen and oxygen atoms in total. The van der Waals surface area contributed by atoms with E-state index < -0.39 is 11.1 Å². The number of hydrogen-bond acceptors (Lipinski definition) is 4. The minimum atomic E-state index is -2.14. The first-order chi connectivity index (χ1) is 11.0. The molecular weight excluding hydrogens is 336 g/mol. The first-order valence-corrected chi connectivity index (χ1v) is 9.63. The van der Waals surface area contributed by atoms with Gasteiger partial charge in [0.1, 0.15) is 0 Å². The molecule has 3 atom stereocenters. The highest BCUT2D eigenvalue weighted by molar-refractivity contribution is 7.78. The lowest BCUT2D eigenvalue weighted by Gasteiger charge is -2.21. The molecule has 1 aliphatic rings. The Morgan fingerprint density at radius 3 is 2.87 bits per heavy atom. The predicted molar refractivity (Wildman–Crippen MR) is 90.0 cm³/mol. The number of rotatable bonds is 7. The number of ether oxygens (including phenoxy) is 1. The molecular formula is C17H22ClO4S-. The van der Waals surface area contributed by atoms with Crippen LogP contribution in [-0.4, -0.2) is 21.3 Å². The van der Waals surface area contributed by atoms with E-state index >= 15 is 0 Å². The van der Waals surface area contributed by atoms with E-state index in [0.717, 1.165) is 31.2 Å². The second-order valence-electron chi connectivity index (χ2n) is 5.96. The Kier molecular flexibility index (Phi) is 7.06. The van der Waals surface area contributed by atoms with Crippen LogP contribution >= 0.6 is 11.6 Å². The zero-order valence-corrected chi connectivity index (χ0v) is 14.8. The lowest BCUT2D eigenvalue weighted by atomic mass is 9.86. The van der Waals surface area contributed by atoms with Gasteiger partial charge in [-0.15, -0.1) is 0 Å². The van der Waals surface area contributed by atoms with Gasteiger partial charge in [-0.1, -0.05) is 48.2 Å². The van der Waals surface area contributed by atoms with Crippen molar-refractivity contribution in [2.45, 2.75) is 50.7 Å². The van der Waals surface area contributed by atoms with Crippen LogP contribution in [0.25, 0.3) is 0 Å². The van der Waals surface area contributed by atoms with Crippen molar-refractivity contribution in [3.8, 4) is 0 Å². The molecule has 1 fully saturated rings. The summed E-state index contributed by atoms with van der Waals surface area (Å²) in [6.07, 6.45) is 4.64. The summed E-state index contributed by atoms with van der Waals surface area (Å²) in [5.41, 5.74) is 1.79. The normalized spacial score (nSPS) is 22.0. The Labute approximate surface area is 144 Å². The van der Waals surface area contributed by atoms with E-state index in [1.807, 2.05) is 12.1 Å². The highest BCUT2D eigenvalue weighted by Crippen LogP contribution is 2.42. The summed E-state index contributed by atoms with van der Waals surface area (Å²) in [4.78, 5) is 11.2. The maximum absolute atomic E-state index is 11.2. The molecule has 0 aromatic heterocycles. The minimum Gasteiger partial charge on any atom is -0.772 e. The zero-order valence-electron chi connectivity index (χ0n) is 13.3. The molecule has 1 saturated carbocycles. The fourth-order valence-electron chi connectivity index (χ4n) is 3.29. The monoisotopic (exact) mass is 357 g/mol. The van der Waals surface area contributed by atoms with E-state index in [1.165, 1.54) is 0 Å². The topological polar surface area (TPSA) is 66.4 Å². The molecule has 0 amide bonds. The van der Waals surface area contributed by atoms with Gasteiger partial charge in [-0.05, 0) is 48.3 Å². The molecule has 0 aliphatic heterocycles. The highest BCUT2D eigenvalue weighted by atomic mass is 35.5. The predicted octanol–water partition coefficient (Wildman–Crippen LogP) is 3.95. The largest absolute Gasteiger partial charge is 0.772 e. The summed E-state index contributed by atoms with van der Waals surface area (Å²) < 4.78 is 26.8. The van der Waals surface area contributed by atoms with Gasteiger partial charge in [-0.3, -0.25) is 9.00 Å². The lowest BCUT2D eigenvalue weighted by Crippen LogP contribution is -2.12. The van der Waals surface area contributed by atoms with Gasteiger partial charge in [0.15, 0.2) is 0 Å². The molecule has 3 unspecified atom stereocenters. The van der Waals surface area contributed by atoms with Crippen molar-refractivity contribution in [3.63, 3.8) is 0 Å². The minimum absolute atomic E-state index is 0.0554. The van der Waals surface area contributed by atoms with Crippen molar-refractivity contribution < 1.29 is 18.3 Å². The third-order valence-electron chi connectivity index (χ3n) is 4.48. The smallest absolute Gasteiger partial charge is 0.305 e. The van der Waals surface area contributed by atoms with Crippen molar-refractivity contribution in [1.82, 2.24) is 0 Å². The van der Waals surface area contributed by atoms with Gasteiger partial charge >= 0.3 is 5.97 Å². The maximum atomic E-state index is 11.2. The molecule has 1 aromatic carbocycles. The van der Waals surface area contributed by atoms with Gasteiger partial charge in [0, 0.05) is 17.2 Å². The van der Waals surface area contributed by atoms with Crippen LogP contribution in [-0.2, 0) is 26.4 Å². The quantitative estimate of drug-likeness (QED) is 0.547. The first kappa shape index (κ1) is 18.4. The van der Waals surface area contributed by atoms with Gasteiger partial charge in [0.2, 0.25) is 0 Å². The van der Waals surface area contributed by atoms with Gasteiger partial charge in [0.05, 0.1) is 6.61 Å². The van der Waals surface area contributed by atoms with E-state index in [4.69, 9.17) is 16.3 Å². The Morgan fingerprint density at radius 1 is 1.43 bits per heavy atom. The van der Waals surface area contributed by atoms with Crippen LogP contribution in [0.3, 0.4) is 0 Å². The number of hydrogen-bond donors (Lipinski definition) is 0.